The van der Waals surface area contributed by atoms with Crippen LogP contribution in [0.3, 0.4) is 0 Å². The molecule has 5 nitrogen and oxygen atoms in total. The normalized spacial score (nSPS) is 20.3. The molecule has 1 aromatic rings. The molecule has 1 unspecified atom stereocenters. The van der Waals surface area contributed by atoms with Crippen LogP contribution in [-0.4, -0.2) is 53.8 Å². The predicted molar refractivity (Wildman–Crippen MR) is 104 cm³/mol. The van der Waals surface area contributed by atoms with Crippen LogP contribution < -0.4 is 5.32 Å². The molecule has 2 amide bonds. The maximum atomic E-state index is 13.1. The Morgan fingerprint density at radius 3 is 2.19 bits per heavy atom. The molecule has 3 rings (SSSR count). The molecule has 1 aliphatic heterocycles. The number of hydrogen-bond donors (Lipinski definition) is 1. The first kappa shape index (κ1) is 18.9. The van der Waals surface area contributed by atoms with E-state index in [0.29, 0.717) is 5.92 Å². The summed E-state index contributed by atoms with van der Waals surface area (Å²) in [7, 11) is 0. The number of hydrogen-bond acceptors (Lipinski definition) is 3. The van der Waals surface area contributed by atoms with E-state index in [0.717, 1.165) is 44.7 Å². The summed E-state index contributed by atoms with van der Waals surface area (Å²) < 4.78 is 0. The Balaban J connectivity index is 1.67. The first-order valence-electron chi connectivity index (χ1n) is 9.95. The molecule has 5 heteroatoms. The molecule has 0 radical (unpaired) electrons. The molecule has 1 aliphatic carbocycles. The van der Waals surface area contributed by atoms with Crippen LogP contribution in [0.25, 0.3) is 0 Å². The molecule has 0 aromatic heterocycles. The Labute approximate surface area is 156 Å². The van der Waals surface area contributed by atoms with Crippen molar-refractivity contribution in [2.24, 2.45) is 11.8 Å². The highest BCUT2D eigenvalue weighted by Crippen LogP contribution is 2.31. The molecule has 2 aliphatic rings. The summed E-state index contributed by atoms with van der Waals surface area (Å²) >= 11 is 0. The van der Waals surface area contributed by atoms with E-state index in [2.05, 4.69) is 10.2 Å². The largest absolute Gasteiger partial charge is 0.340 e. The molecule has 1 N–H and O–H groups in total. The maximum Gasteiger partial charge on any atom is 0.242 e. The number of amides is 2. The molecule has 0 spiro atoms. The van der Waals surface area contributed by atoms with E-state index in [-0.39, 0.29) is 23.8 Å². The van der Waals surface area contributed by atoms with Gasteiger partial charge in [0.15, 0.2) is 0 Å². The van der Waals surface area contributed by atoms with Crippen molar-refractivity contribution in [3.8, 4) is 0 Å². The standard InChI is InChI=1S/C21H31N3O2/c1-16(2)21(26)24-14-12-23(13-15-24)19(17-8-6-7-9-17)20(25)22-18-10-4-3-5-11-18/h3-5,10-11,16-17,19H,6-9,12-15H2,1-2H3,(H,22,25). The lowest BCUT2D eigenvalue weighted by molar-refractivity contribution is -0.137. The SMILES string of the molecule is CC(C)C(=O)N1CCN(C(C(=O)Nc2ccccc2)C2CCCC2)CC1. The van der Waals surface area contributed by atoms with Crippen LogP contribution in [0.1, 0.15) is 39.5 Å². The van der Waals surface area contributed by atoms with E-state index in [1.807, 2.05) is 49.1 Å². The van der Waals surface area contributed by atoms with Gasteiger partial charge in [-0.1, -0.05) is 44.9 Å². The third kappa shape index (κ3) is 4.44. The third-order valence-electron chi connectivity index (χ3n) is 5.67. The Hall–Kier alpha value is -1.88. The van der Waals surface area contributed by atoms with Crippen LogP contribution in [0.4, 0.5) is 5.69 Å². The van der Waals surface area contributed by atoms with Gasteiger partial charge in [0.25, 0.3) is 0 Å². The van der Waals surface area contributed by atoms with Gasteiger partial charge in [0.1, 0.15) is 0 Å². The van der Waals surface area contributed by atoms with Gasteiger partial charge in [-0.15, -0.1) is 0 Å². The molecule has 1 saturated heterocycles. The summed E-state index contributed by atoms with van der Waals surface area (Å²) in [5.41, 5.74) is 0.856. The summed E-state index contributed by atoms with van der Waals surface area (Å²) in [6.45, 7) is 6.90. The number of anilines is 1. The lowest BCUT2D eigenvalue weighted by Gasteiger charge is -2.41. The zero-order valence-electron chi connectivity index (χ0n) is 16.0. The Bertz CT molecular complexity index is 603. The summed E-state index contributed by atoms with van der Waals surface area (Å²) in [4.78, 5) is 29.6. The first-order chi connectivity index (χ1) is 12.6. The Kier molecular flexibility index (Phi) is 6.30. The number of para-hydroxylation sites is 1. The second kappa shape index (κ2) is 8.67. The zero-order valence-corrected chi connectivity index (χ0v) is 16.0. The Morgan fingerprint density at radius 2 is 1.62 bits per heavy atom. The molecule has 1 heterocycles. The average Bonchev–Trinajstić information content (AvgIpc) is 3.17. The van der Waals surface area contributed by atoms with Gasteiger partial charge in [-0.05, 0) is 30.9 Å². The second-order valence-electron chi connectivity index (χ2n) is 7.86. The first-order valence-corrected chi connectivity index (χ1v) is 9.95. The summed E-state index contributed by atoms with van der Waals surface area (Å²) in [5, 5.41) is 3.11. The zero-order chi connectivity index (χ0) is 18.5. The molecule has 2 fully saturated rings. The van der Waals surface area contributed by atoms with Gasteiger partial charge in [0, 0.05) is 37.8 Å². The number of carbonyl (C=O) groups is 2. The van der Waals surface area contributed by atoms with E-state index < -0.39 is 0 Å². The van der Waals surface area contributed by atoms with Crippen molar-refractivity contribution in [3.63, 3.8) is 0 Å². The van der Waals surface area contributed by atoms with Crippen LogP contribution in [0, 0.1) is 11.8 Å². The van der Waals surface area contributed by atoms with Crippen LogP contribution in [0.5, 0.6) is 0 Å². The predicted octanol–water partition coefficient (Wildman–Crippen LogP) is 2.98. The van der Waals surface area contributed by atoms with Crippen molar-refractivity contribution in [1.82, 2.24) is 9.80 Å². The van der Waals surface area contributed by atoms with Crippen LogP contribution >= 0.6 is 0 Å². The quantitative estimate of drug-likeness (QED) is 0.881. The molecule has 1 aromatic carbocycles. The fourth-order valence-electron chi connectivity index (χ4n) is 4.27. The van der Waals surface area contributed by atoms with E-state index in [1.165, 1.54) is 12.8 Å². The van der Waals surface area contributed by atoms with Gasteiger partial charge >= 0.3 is 0 Å². The fourth-order valence-corrected chi connectivity index (χ4v) is 4.27. The van der Waals surface area contributed by atoms with E-state index in [9.17, 15) is 9.59 Å². The summed E-state index contributed by atoms with van der Waals surface area (Å²) in [6.07, 6.45) is 4.67. The van der Waals surface area contributed by atoms with Crippen LogP contribution in [-0.2, 0) is 9.59 Å². The number of benzene rings is 1. The van der Waals surface area contributed by atoms with Crippen LogP contribution in [0.2, 0.25) is 0 Å². The minimum atomic E-state index is -0.0889. The number of carbonyl (C=O) groups excluding carboxylic acids is 2. The minimum Gasteiger partial charge on any atom is -0.340 e. The second-order valence-corrected chi connectivity index (χ2v) is 7.86. The van der Waals surface area contributed by atoms with Crippen molar-refractivity contribution in [2.75, 3.05) is 31.5 Å². The number of rotatable bonds is 5. The van der Waals surface area contributed by atoms with Gasteiger partial charge < -0.3 is 10.2 Å². The van der Waals surface area contributed by atoms with E-state index >= 15 is 0 Å². The van der Waals surface area contributed by atoms with E-state index in [1.54, 1.807) is 0 Å². The monoisotopic (exact) mass is 357 g/mol. The molecule has 0 bridgehead atoms. The number of nitrogens with one attached hydrogen (secondary N) is 1. The van der Waals surface area contributed by atoms with Crippen molar-refractivity contribution in [1.29, 1.82) is 0 Å². The van der Waals surface area contributed by atoms with E-state index in [4.69, 9.17) is 0 Å². The van der Waals surface area contributed by atoms with Gasteiger partial charge in [-0.2, -0.15) is 0 Å². The highest BCUT2D eigenvalue weighted by Gasteiger charge is 2.37. The van der Waals surface area contributed by atoms with Crippen molar-refractivity contribution < 1.29 is 9.59 Å². The summed E-state index contributed by atoms with van der Waals surface area (Å²) in [6, 6.07) is 9.61. The molecule has 1 atom stereocenters. The molecular weight excluding hydrogens is 326 g/mol. The molecular formula is C21H31N3O2. The topological polar surface area (TPSA) is 52.7 Å². The molecule has 26 heavy (non-hydrogen) atoms. The van der Waals surface area contributed by atoms with Crippen molar-refractivity contribution in [2.45, 2.75) is 45.6 Å². The Morgan fingerprint density at radius 1 is 1.00 bits per heavy atom. The fraction of sp³-hybridized carbons (Fsp3) is 0.619. The lowest BCUT2D eigenvalue weighted by Crippen LogP contribution is -2.57. The number of piperazine rings is 1. The minimum absolute atomic E-state index is 0.0357. The smallest absolute Gasteiger partial charge is 0.242 e. The van der Waals surface area contributed by atoms with Crippen LogP contribution in [0.15, 0.2) is 30.3 Å². The van der Waals surface area contributed by atoms with Crippen molar-refractivity contribution in [3.05, 3.63) is 30.3 Å². The number of nitrogens with zero attached hydrogens (tertiary/aromatic N) is 2. The molecule has 1 saturated carbocycles. The lowest BCUT2D eigenvalue weighted by atomic mass is 9.94. The maximum absolute atomic E-state index is 13.1. The third-order valence-corrected chi connectivity index (χ3v) is 5.67. The van der Waals surface area contributed by atoms with Gasteiger partial charge in [-0.3, -0.25) is 14.5 Å². The van der Waals surface area contributed by atoms with Gasteiger partial charge in [0.2, 0.25) is 11.8 Å². The average molecular weight is 357 g/mol. The highest BCUT2D eigenvalue weighted by molar-refractivity contribution is 5.95. The highest BCUT2D eigenvalue weighted by atomic mass is 16.2. The molecule has 142 valence electrons. The van der Waals surface area contributed by atoms with Gasteiger partial charge in [0.05, 0.1) is 6.04 Å². The van der Waals surface area contributed by atoms with Gasteiger partial charge in [-0.25, -0.2) is 0 Å². The summed E-state index contributed by atoms with van der Waals surface area (Å²) in [5.74, 6) is 0.780. The van der Waals surface area contributed by atoms with Crippen molar-refractivity contribution >= 4 is 17.5 Å².